The summed E-state index contributed by atoms with van der Waals surface area (Å²) >= 11 is 6.10. The third-order valence-electron chi connectivity index (χ3n) is 6.20. The van der Waals surface area contributed by atoms with Gasteiger partial charge in [0.15, 0.2) is 0 Å². The Morgan fingerprint density at radius 3 is 2.68 bits per heavy atom. The zero-order valence-electron chi connectivity index (χ0n) is 18.5. The minimum atomic E-state index is -4.54. The standard InChI is InChI=1S/C22H25ClF3N5O3/c1-12(13-8-14(22(24,25)26)10-15(27)9-13)28-18-16-11-31(5-2-17(16)29-20(23)30-18)19(32)21(33)3-6-34-7-4-21/h8-10,12,33H,2-7,11,27H2,1H3,(H,28,29,30)/t12-/m1/s1. The highest BCUT2D eigenvalue weighted by atomic mass is 35.5. The Labute approximate surface area is 199 Å². The first kappa shape index (κ1) is 24.5. The molecule has 2 aliphatic rings. The number of nitrogens with zero attached hydrogens (tertiary/aromatic N) is 3. The van der Waals surface area contributed by atoms with E-state index in [1.165, 1.54) is 6.07 Å². The number of carbonyl (C=O) groups is 1. The Balaban J connectivity index is 1.60. The Kier molecular flexibility index (Phi) is 6.63. The average Bonchev–Trinajstić information content (AvgIpc) is 2.77. The molecule has 184 valence electrons. The molecule has 4 rings (SSSR count). The molecular weight excluding hydrogens is 475 g/mol. The van der Waals surface area contributed by atoms with E-state index in [2.05, 4.69) is 15.3 Å². The van der Waals surface area contributed by atoms with Crippen LogP contribution in [0.15, 0.2) is 18.2 Å². The number of halogens is 4. The second-order valence-electron chi connectivity index (χ2n) is 8.64. The number of aromatic nitrogens is 2. The van der Waals surface area contributed by atoms with E-state index in [-0.39, 0.29) is 36.3 Å². The number of benzene rings is 1. The summed E-state index contributed by atoms with van der Waals surface area (Å²) in [5.74, 6) is -0.0731. The van der Waals surface area contributed by atoms with Gasteiger partial charge in [-0.15, -0.1) is 0 Å². The molecule has 0 spiro atoms. The van der Waals surface area contributed by atoms with Gasteiger partial charge in [-0.1, -0.05) is 0 Å². The number of hydrogen-bond donors (Lipinski definition) is 3. The van der Waals surface area contributed by atoms with Crippen LogP contribution in [-0.4, -0.2) is 51.2 Å². The van der Waals surface area contributed by atoms with Crippen LogP contribution < -0.4 is 11.1 Å². The summed E-state index contributed by atoms with van der Waals surface area (Å²) in [5, 5.41) is 13.9. The smallest absolute Gasteiger partial charge is 0.399 e. The average molecular weight is 500 g/mol. The summed E-state index contributed by atoms with van der Waals surface area (Å²) in [7, 11) is 0. The number of anilines is 2. The highest BCUT2D eigenvalue weighted by Gasteiger charge is 2.42. The van der Waals surface area contributed by atoms with E-state index in [0.717, 1.165) is 12.1 Å². The molecule has 1 aromatic heterocycles. The Hall–Kier alpha value is -2.63. The van der Waals surface area contributed by atoms with Crippen molar-refractivity contribution in [2.24, 2.45) is 0 Å². The molecule has 1 amide bonds. The molecule has 34 heavy (non-hydrogen) atoms. The maximum absolute atomic E-state index is 13.2. The van der Waals surface area contributed by atoms with Gasteiger partial charge in [-0.05, 0) is 42.3 Å². The molecule has 1 aromatic carbocycles. The number of carbonyl (C=O) groups excluding carboxylic acids is 1. The molecule has 0 unspecified atom stereocenters. The van der Waals surface area contributed by atoms with Crippen LogP contribution in [0.1, 0.15) is 48.2 Å². The van der Waals surface area contributed by atoms with Crippen molar-refractivity contribution in [2.45, 2.75) is 50.6 Å². The first-order valence-electron chi connectivity index (χ1n) is 10.9. The largest absolute Gasteiger partial charge is 0.416 e. The van der Waals surface area contributed by atoms with Gasteiger partial charge in [-0.3, -0.25) is 4.79 Å². The van der Waals surface area contributed by atoms with Gasteiger partial charge >= 0.3 is 6.18 Å². The van der Waals surface area contributed by atoms with E-state index >= 15 is 0 Å². The van der Waals surface area contributed by atoms with Crippen molar-refractivity contribution in [1.29, 1.82) is 0 Å². The number of ether oxygens (including phenoxy) is 1. The highest BCUT2D eigenvalue weighted by Crippen LogP contribution is 2.35. The number of hydrogen-bond acceptors (Lipinski definition) is 7. The lowest BCUT2D eigenvalue weighted by atomic mass is 9.91. The SMILES string of the molecule is C[C@@H](Nc1nc(Cl)nc2c1CN(C(=O)C1(O)CCOCC1)CC2)c1cc(N)cc(C(F)(F)F)c1. The summed E-state index contributed by atoms with van der Waals surface area (Å²) in [6.07, 6.45) is -3.71. The first-order chi connectivity index (χ1) is 16.0. The van der Waals surface area contributed by atoms with Crippen molar-refractivity contribution < 1.29 is 27.8 Å². The van der Waals surface area contributed by atoms with Crippen LogP contribution in [-0.2, 0) is 28.7 Å². The fraction of sp³-hybridized carbons (Fsp3) is 0.500. The quantitative estimate of drug-likeness (QED) is 0.437. The summed E-state index contributed by atoms with van der Waals surface area (Å²) in [5.41, 5.74) is 4.92. The minimum Gasteiger partial charge on any atom is -0.399 e. The molecule has 0 saturated carbocycles. The topological polar surface area (TPSA) is 114 Å². The second-order valence-corrected chi connectivity index (χ2v) is 8.98. The third-order valence-corrected chi connectivity index (χ3v) is 6.37. The fourth-order valence-corrected chi connectivity index (χ4v) is 4.46. The van der Waals surface area contributed by atoms with Crippen molar-refractivity contribution in [3.63, 3.8) is 0 Å². The third kappa shape index (κ3) is 5.06. The van der Waals surface area contributed by atoms with E-state index in [1.54, 1.807) is 11.8 Å². The molecule has 3 heterocycles. The van der Waals surface area contributed by atoms with E-state index in [9.17, 15) is 23.1 Å². The molecule has 0 radical (unpaired) electrons. The molecule has 4 N–H and O–H groups in total. The van der Waals surface area contributed by atoms with Crippen LogP contribution >= 0.6 is 11.6 Å². The normalized spacial score (nSPS) is 18.8. The van der Waals surface area contributed by atoms with Gasteiger partial charge in [0, 0.05) is 50.3 Å². The number of nitrogens with two attached hydrogens (primary N) is 1. The maximum Gasteiger partial charge on any atom is 0.416 e. The predicted molar refractivity (Wildman–Crippen MR) is 119 cm³/mol. The van der Waals surface area contributed by atoms with Crippen LogP contribution in [0.2, 0.25) is 5.28 Å². The van der Waals surface area contributed by atoms with Gasteiger partial charge in [0.1, 0.15) is 11.4 Å². The molecule has 0 aliphatic carbocycles. The summed E-state index contributed by atoms with van der Waals surface area (Å²) in [4.78, 5) is 23.1. The van der Waals surface area contributed by atoms with Crippen molar-refractivity contribution in [2.75, 3.05) is 30.8 Å². The molecule has 1 saturated heterocycles. The number of nitrogen functional groups attached to an aromatic ring is 1. The van der Waals surface area contributed by atoms with Crippen molar-refractivity contribution in [3.05, 3.63) is 45.9 Å². The summed E-state index contributed by atoms with van der Waals surface area (Å²) in [6.45, 7) is 2.76. The van der Waals surface area contributed by atoms with E-state index in [1.807, 2.05) is 0 Å². The van der Waals surface area contributed by atoms with E-state index in [4.69, 9.17) is 22.1 Å². The Morgan fingerprint density at radius 2 is 2.00 bits per heavy atom. The van der Waals surface area contributed by atoms with Gasteiger partial charge in [-0.2, -0.15) is 13.2 Å². The molecule has 12 heteroatoms. The molecular formula is C22H25ClF3N5O3. The Morgan fingerprint density at radius 1 is 1.29 bits per heavy atom. The van der Waals surface area contributed by atoms with Crippen LogP contribution in [0.25, 0.3) is 0 Å². The van der Waals surface area contributed by atoms with Crippen molar-refractivity contribution >= 4 is 29.0 Å². The molecule has 2 aliphatic heterocycles. The lowest BCUT2D eigenvalue weighted by Crippen LogP contribution is -2.53. The van der Waals surface area contributed by atoms with E-state index < -0.39 is 23.4 Å². The number of alkyl halides is 3. The van der Waals surface area contributed by atoms with Crippen molar-refractivity contribution in [3.8, 4) is 0 Å². The molecule has 8 nitrogen and oxygen atoms in total. The van der Waals surface area contributed by atoms with Gasteiger partial charge < -0.3 is 25.8 Å². The van der Waals surface area contributed by atoms with Gasteiger partial charge in [-0.25, -0.2) is 9.97 Å². The number of nitrogens with one attached hydrogen (secondary N) is 1. The van der Waals surface area contributed by atoms with Crippen LogP contribution in [0.3, 0.4) is 0 Å². The van der Waals surface area contributed by atoms with Gasteiger partial charge in [0.2, 0.25) is 5.28 Å². The number of amides is 1. The zero-order valence-corrected chi connectivity index (χ0v) is 19.2. The fourth-order valence-electron chi connectivity index (χ4n) is 4.27. The lowest BCUT2D eigenvalue weighted by Gasteiger charge is -2.38. The van der Waals surface area contributed by atoms with Crippen LogP contribution in [0.5, 0.6) is 0 Å². The second kappa shape index (κ2) is 9.20. The van der Waals surface area contributed by atoms with Crippen LogP contribution in [0.4, 0.5) is 24.7 Å². The lowest BCUT2D eigenvalue weighted by molar-refractivity contribution is -0.161. The van der Waals surface area contributed by atoms with Crippen molar-refractivity contribution in [1.82, 2.24) is 14.9 Å². The minimum absolute atomic E-state index is 0.0114. The molecule has 1 atom stereocenters. The number of fused-ring (bicyclic) bond motifs is 1. The first-order valence-corrected chi connectivity index (χ1v) is 11.2. The van der Waals surface area contributed by atoms with Crippen LogP contribution in [0, 0.1) is 0 Å². The monoisotopic (exact) mass is 499 g/mol. The zero-order chi connectivity index (χ0) is 24.7. The van der Waals surface area contributed by atoms with Gasteiger partial charge in [0.05, 0.1) is 23.8 Å². The number of aliphatic hydroxyl groups is 1. The summed E-state index contributed by atoms with van der Waals surface area (Å²) < 4.78 is 45.0. The van der Waals surface area contributed by atoms with E-state index in [0.29, 0.717) is 48.8 Å². The predicted octanol–water partition coefficient (Wildman–Crippen LogP) is 3.33. The Bertz CT molecular complexity index is 1090. The molecule has 1 fully saturated rings. The highest BCUT2D eigenvalue weighted by molar-refractivity contribution is 6.28. The molecule has 2 aromatic rings. The summed E-state index contributed by atoms with van der Waals surface area (Å²) in [6, 6.07) is 2.76. The van der Waals surface area contributed by atoms with Gasteiger partial charge in [0.25, 0.3) is 5.91 Å². The number of rotatable bonds is 4. The molecule has 0 bridgehead atoms. The maximum atomic E-state index is 13.2.